The van der Waals surface area contributed by atoms with Crippen molar-refractivity contribution in [2.45, 2.75) is 200 Å². The topological polar surface area (TPSA) is 347 Å². The molecule has 2 heterocycles. The normalized spacial score (nSPS) is 17.2. The number of nitrogens with zero attached hydrogens (tertiary/aromatic N) is 4. The summed E-state index contributed by atoms with van der Waals surface area (Å²) < 4.78 is 17.7. The number of aliphatic hydroxyl groups excluding tert-OH is 1. The summed E-state index contributed by atoms with van der Waals surface area (Å²) in [5.74, 6) is -5.65. The van der Waals surface area contributed by atoms with Gasteiger partial charge in [-0.2, -0.15) is 0 Å². The highest BCUT2D eigenvalue weighted by Gasteiger charge is 2.45. The number of likely N-dealkylation sites (N-methyl/N-ethyl adjacent to an activating group) is 2. The summed E-state index contributed by atoms with van der Waals surface area (Å²) in [6, 6.07) is 9.77. The molecule has 26 heteroatoms. The Hall–Kier alpha value is -7.97. The standard InChI is InChI=1S/C67H103N11O15/c1-15-42(6)57(50(91-13)38-54(82)77-37-23-27-49(77)59(92-14)43(7)60(84)70-44(8)58(83)46-24-18-16-19-25-46)75(11)63(87)56(41(4)5)74-64(88)67(9,10)76(12)66(90)93-39-45-29-31-47(32-30-45)71-61(85)48(26-22-35-69-65(68)89)72-62(86)55(40(2)3)73-51(79)28-20-17-21-36-78-52(80)33-34-53(78)81/h16,18-19,24-25,29-34,40-44,48-50,55-59,83H,15,17,20-23,26-28,35-39H2,1-14H3,(H,70,84)(H,71,85)(H,72,86)(H,73,79)(H,74,88)(H3,68,69,89)/t42-,43+,44+,48-,49-,50+,55-,56-,57-,58+,59+/m0/s1. The van der Waals surface area contributed by atoms with Crippen LogP contribution in [-0.2, 0) is 64.0 Å². The first-order chi connectivity index (χ1) is 43.9. The molecule has 2 aliphatic rings. The lowest BCUT2D eigenvalue weighted by molar-refractivity contribution is -0.148. The lowest BCUT2D eigenvalue weighted by atomic mass is 9.89. The summed E-state index contributed by atoms with van der Waals surface area (Å²) in [5, 5.41) is 27.5. The molecule has 2 aliphatic heterocycles. The number of benzene rings is 2. The van der Waals surface area contributed by atoms with Crippen LogP contribution in [0.1, 0.15) is 151 Å². The molecule has 11 atom stereocenters. The second-order valence-corrected chi connectivity index (χ2v) is 25.6. The van der Waals surface area contributed by atoms with Crippen LogP contribution in [0, 0.1) is 23.7 Å². The molecule has 516 valence electrons. The number of carbonyl (C=O) groups is 11. The van der Waals surface area contributed by atoms with Gasteiger partial charge in [-0.05, 0) is 100 Å². The average molecular weight is 1300 g/mol. The Morgan fingerprint density at radius 1 is 0.763 bits per heavy atom. The number of primary amides is 1. The van der Waals surface area contributed by atoms with E-state index in [9.17, 15) is 57.8 Å². The smallest absolute Gasteiger partial charge is 0.410 e. The average Bonchev–Trinajstić information content (AvgIpc) is 1.50. The Morgan fingerprint density at radius 2 is 1.40 bits per heavy atom. The van der Waals surface area contributed by atoms with Gasteiger partial charge in [-0.1, -0.05) is 104 Å². The number of anilines is 1. The van der Waals surface area contributed by atoms with Gasteiger partial charge >= 0.3 is 12.1 Å². The molecule has 9 N–H and O–H groups in total. The van der Waals surface area contributed by atoms with Crippen molar-refractivity contribution in [1.82, 2.24) is 46.2 Å². The van der Waals surface area contributed by atoms with E-state index in [0.717, 1.165) is 9.80 Å². The predicted octanol–water partition coefficient (Wildman–Crippen LogP) is 4.83. The van der Waals surface area contributed by atoms with Crippen molar-refractivity contribution in [1.29, 1.82) is 0 Å². The molecule has 2 aromatic rings. The number of urea groups is 1. The summed E-state index contributed by atoms with van der Waals surface area (Å²) >= 11 is 0. The van der Waals surface area contributed by atoms with Crippen LogP contribution < -0.4 is 37.6 Å². The van der Waals surface area contributed by atoms with E-state index in [1.165, 1.54) is 52.2 Å². The maximum Gasteiger partial charge on any atom is 0.410 e. The lowest BCUT2D eigenvalue weighted by Crippen LogP contribution is -2.62. The predicted molar refractivity (Wildman–Crippen MR) is 349 cm³/mol. The third-order valence-corrected chi connectivity index (χ3v) is 17.8. The third kappa shape index (κ3) is 22.4. The summed E-state index contributed by atoms with van der Waals surface area (Å²) in [6.45, 7) is 18.0. The molecule has 0 bridgehead atoms. The highest BCUT2D eigenvalue weighted by Crippen LogP contribution is 2.31. The summed E-state index contributed by atoms with van der Waals surface area (Å²) in [4.78, 5) is 152. The Kier molecular flexibility index (Phi) is 30.9. The summed E-state index contributed by atoms with van der Waals surface area (Å²) in [7, 11) is 6.03. The van der Waals surface area contributed by atoms with Crippen LogP contribution in [0.25, 0.3) is 0 Å². The Labute approximate surface area is 547 Å². The fourth-order valence-corrected chi connectivity index (χ4v) is 11.5. The molecular weight excluding hydrogens is 1200 g/mol. The summed E-state index contributed by atoms with van der Waals surface area (Å²) in [6.07, 6.45) is 2.90. The van der Waals surface area contributed by atoms with Gasteiger partial charge < -0.3 is 66.8 Å². The number of carbonyl (C=O) groups excluding carboxylic acids is 11. The Balaban J connectivity index is 1.36. The number of methoxy groups -OCH3 is 2. The van der Waals surface area contributed by atoms with E-state index in [1.54, 1.807) is 89.9 Å². The molecule has 4 rings (SSSR count). The number of aliphatic hydroxyl groups is 1. The van der Waals surface area contributed by atoms with Crippen molar-refractivity contribution in [2.75, 3.05) is 53.3 Å². The highest BCUT2D eigenvalue weighted by molar-refractivity contribution is 6.12. The number of imide groups is 1. The number of amides is 12. The Bertz CT molecular complexity index is 2870. The number of rotatable bonds is 37. The van der Waals surface area contributed by atoms with Crippen molar-refractivity contribution >= 4 is 71.0 Å². The fraction of sp³-hybridized carbons (Fsp3) is 0.627. The van der Waals surface area contributed by atoms with Gasteiger partial charge in [-0.25, -0.2) is 9.59 Å². The minimum Gasteiger partial charge on any atom is -0.445 e. The molecule has 93 heavy (non-hydrogen) atoms. The second kappa shape index (κ2) is 37.1. The van der Waals surface area contributed by atoms with E-state index in [-0.39, 0.29) is 80.8 Å². The maximum atomic E-state index is 14.7. The van der Waals surface area contributed by atoms with Crippen molar-refractivity contribution < 1.29 is 72.1 Å². The van der Waals surface area contributed by atoms with E-state index in [4.69, 9.17) is 19.9 Å². The molecule has 12 amide bonds. The molecule has 1 fully saturated rings. The first kappa shape index (κ1) is 77.5. The largest absolute Gasteiger partial charge is 0.445 e. The van der Waals surface area contributed by atoms with Gasteiger partial charge in [0.25, 0.3) is 11.8 Å². The van der Waals surface area contributed by atoms with Gasteiger partial charge in [0.2, 0.25) is 41.4 Å². The van der Waals surface area contributed by atoms with E-state index >= 15 is 0 Å². The van der Waals surface area contributed by atoms with Crippen molar-refractivity contribution in [3.63, 3.8) is 0 Å². The monoisotopic (exact) mass is 1300 g/mol. The molecular formula is C67H103N11O15. The van der Waals surface area contributed by atoms with Gasteiger partial charge in [0, 0.05) is 72.2 Å². The van der Waals surface area contributed by atoms with Crippen LogP contribution in [0.15, 0.2) is 66.7 Å². The molecule has 2 aromatic carbocycles. The van der Waals surface area contributed by atoms with Gasteiger partial charge in [0.1, 0.15) is 30.3 Å². The van der Waals surface area contributed by atoms with Gasteiger partial charge in [-0.3, -0.25) is 53.0 Å². The second-order valence-electron chi connectivity index (χ2n) is 25.6. The van der Waals surface area contributed by atoms with Crippen LogP contribution in [0.3, 0.4) is 0 Å². The molecule has 0 saturated carbocycles. The SMILES string of the molecule is CC[C@H](C)[C@@H]([C@@H](CC(=O)N1CCC[C@H]1[C@H](OC)[C@@H](C)C(=O)N[C@H](C)[C@@H](O)c1ccccc1)OC)N(C)C(=O)[C@@H](NC(=O)C(C)(C)N(C)C(=O)OCc1ccc(NC(=O)[C@H](CCCNC(N)=O)NC(=O)[C@@H](NC(=O)CCCCCN2C(=O)C=CC2=O)C(C)C)cc1)C(C)C. The van der Waals surface area contributed by atoms with Gasteiger partial charge in [-0.15, -0.1) is 0 Å². The third-order valence-electron chi connectivity index (χ3n) is 17.8. The minimum absolute atomic E-state index is 0.0831. The highest BCUT2D eigenvalue weighted by atomic mass is 16.6. The quantitative estimate of drug-likeness (QED) is 0.0332. The Morgan fingerprint density at radius 3 is 1.98 bits per heavy atom. The number of ether oxygens (including phenoxy) is 3. The van der Waals surface area contributed by atoms with E-state index < -0.39 is 114 Å². The number of nitrogens with one attached hydrogen (secondary N) is 6. The summed E-state index contributed by atoms with van der Waals surface area (Å²) in [5.41, 5.74) is 5.20. The molecule has 0 radical (unpaired) electrons. The zero-order chi connectivity index (χ0) is 69.4. The molecule has 0 unspecified atom stereocenters. The van der Waals surface area contributed by atoms with Crippen molar-refractivity contribution in [3.05, 3.63) is 77.9 Å². The lowest BCUT2D eigenvalue weighted by Gasteiger charge is -2.41. The van der Waals surface area contributed by atoms with Crippen LogP contribution in [0.4, 0.5) is 15.3 Å². The molecule has 26 nitrogen and oxygen atoms in total. The fourth-order valence-electron chi connectivity index (χ4n) is 11.5. The number of hydrogen-bond acceptors (Lipinski definition) is 15. The first-order valence-electron chi connectivity index (χ1n) is 32.3. The molecule has 0 spiro atoms. The van der Waals surface area contributed by atoms with Crippen molar-refractivity contribution in [2.24, 2.45) is 29.4 Å². The van der Waals surface area contributed by atoms with Crippen LogP contribution in [0.5, 0.6) is 0 Å². The number of nitrogens with two attached hydrogens (primary N) is 1. The maximum absolute atomic E-state index is 14.7. The number of likely N-dealkylation sites (tertiary alicyclic amines) is 1. The van der Waals surface area contributed by atoms with Crippen LogP contribution >= 0.6 is 0 Å². The molecule has 1 saturated heterocycles. The first-order valence-corrected chi connectivity index (χ1v) is 32.3. The van der Waals surface area contributed by atoms with Gasteiger partial charge in [0.15, 0.2) is 0 Å². The van der Waals surface area contributed by atoms with Crippen LogP contribution in [0.2, 0.25) is 0 Å². The number of hydrogen-bond donors (Lipinski definition) is 8. The number of unbranched alkanes of at least 4 members (excludes halogenated alkanes) is 2. The van der Waals surface area contributed by atoms with Crippen LogP contribution in [-0.4, -0.2) is 192 Å². The van der Waals surface area contributed by atoms with Gasteiger partial charge in [0.05, 0.1) is 48.8 Å². The zero-order valence-corrected chi connectivity index (χ0v) is 56.8. The van der Waals surface area contributed by atoms with Crippen molar-refractivity contribution in [3.8, 4) is 0 Å². The van der Waals surface area contributed by atoms with E-state index in [0.29, 0.717) is 61.9 Å². The van der Waals surface area contributed by atoms with E-state index in [2.05, 4.69) is 31.9 Å². The molecule has 0 aliphatic carbocycles. The minimum atomic E-state index is -1.55. The van der Waals surface area contributed by atoms with E-state index in [1.807, 2.05) is 32.0 Å². The molecule has 0 aromatic heterocycles. The zero-order valence-electron chi connectivity index (χ0n) is 56.8.